The molecule has 1 heterocycles. The van der Waals surface area contributed by atoms with E-state index in [0.29, 0.717) is 23.1 Å². The molecule has 22 heavy (non-hydrogen) atoms. The summed E-state index contributed by atoms with van der Waals surface area (Å²) in [7, 11) is -3.93. The van der Waals surface area contributed by atoms with E-state index in [-0.39, 0.29) is 9.77 Å². The SMILES string of the molecule is CCOc1cccc(C(=O)NS(=O)(=O)c2sc(C)nc2C)c1. The van der Waals surface area contributed by atoms with E-state index >= 15 is 0 Å². The first-order valence-corrected chi connectivity index (χ1v) is 8.87. The summed E-state index contributed by atoms with van der Waals surface area (Å²) in [5, 5.41) is 0.628. The van der Waals surface area contributed by atoms with Gasteiger partial charge in [0.1, 0.15) is 5.75 Å². The van der Waals surface area contributed by atoms with E-state index < -0.39 is 15.9 Å². The molecule has 6 nitrogen and oxygen atoms in total. The van der Waals surface area contributed by atoms with Crippen molar-refractivity contribution in [3.8, 4) is 5.75 Å². The molecule has 0 atom stereocenters. The molecule has 0 aliphatic heterocycles. The van der Waals surface area contributed by atoms with Crippen molar-refractivity contribution in [3.05, 3.63) is 40.5 Å². The van der Waals surface area contributed by atoms with E-state index in [2.05, 4.69) is 9.71 Å². The van der Waals surface area contributed by atoms with Gasteiger partial charge in [-0.25, -0.2) is 18.1 Å². The second-order valence-electron chi connectivity index (χ2n) is 4.50. The number of sulfonamides is 1. The van der Waals surface area contributed by atoms with E-state index in [1.807, 2.05) is 6.92 Å². The van der Waals surface area contributed by atoms with Crippen LogP contribution in [0.4, 0.5) is 0 Å². The van der Waals surface area contributed by atoms with E-state index in [1.54, 1.807) is 26.0 Å². The maximum atomic E-state index is 12.3. The fraction of sp³-hybridized carbons (Fsp3) is 0.286. The highest BCUT2D eigenvalue weighted by molar-refractivity contribution is 7.92. The van der Waals surface area contributed by atoms with Crippen molar-refractivity contribution < 1.29 is 17.9 Å². The Morgan fingerprint density at radius 2 is 2.09 bits per heavy atom. The summed E-state index contributed by atoms with van der Waals surface area (Å²) >= 11 is 1.03. The Morgan fingerprint density at radius 1 is 1.36 bits per heavy atom. The fourth-order valence-electron chi connectivity index (χ4n) is 1.88. The van der Waals surface area contributed by atoms with Crippen LogP contribution in [0.15, 0.2) is 28.5 Å². The van der Waals surface area contributed by atoms with Crippen molar-refractivity contribution in [3.63, 3.8) is 0 Å². The number of benzene rings is 1. The van der Waals surface area contributed by atoms with Crippen LogP contribution in [0.3, 0.4) is 0 Å². The number of carbonyl (C=O) groups is 1. The van der Waals surface area contributed by atoms with Crippen LogP contribution < -0.4 is 9.46 Å². The highest BCUT2D eigenvalue weighted by Gasteiger charge is 2.24. The minimum Gasteiger partial charge on any atom is -0.494 e. The predicted octanol–water partition coefficient (Wildman–Crippen LogP) is 2.28. The number of nitrogens with zero attached hydrogens (tertiary/aromatic N) is 1. The summed E-state index contributed by atoms with van der Waals surface area (Å²) in [5.74, 6) is -0.190. The first-order chi connectivity index (χ1) is 10.3. The normalized spacial score (nSPS) is 11.2. The van der Waals surface area contributed by atoms with Crippen LogP contribution in [0.1, 0.15) is 28.0 Å². The molecule has 0 aliphatic carbocycles. The quantitative estimate of drug-likeness (QED) is 0.902. The number of hydrogen-bond acceptors (Lipinski definition) is 6. The lowest BCUT2D eigenvalue weighted by Crippen LogP contribution is -2.30. The minimum absolute atomic E-state index is 0.0549. The molecule has 1 aromatic heterocycles. The molecule has 8 heteroatoms. The van der Waals surface area contributed by atoms with Crippen LogP contribution in [0.5, 0.6) is 5.75 Å². The molecule has 0 aliphatic rings. The van der Waals surface area contributed by atoms with E-state index in [1.165, 1.54) is 12.1 Å². The topological polar surface area (TPSA) is 85.4 Å². The molecular formula is C14H16N2O4S2. The third kappa shape index (κ3) is 3.63. The highest BCUT2D eigenvalue weighted by Crippen LogP contribution is 2.23. The van der Waals surface area contributed by atoms with Crippen molar-refractivity contribution in [1.29, 1.82) is 0 Å². The number of aromatic nitrogens is 1. The molecule has 1 aromatic carbocycles. The van der Waals surface area contributed by atoms with Gasteiger partial charge in [-0.05, 0) is 39.0 Å². The Balaban J connectivity index is 2.24. The van der Waals surface area contributed by atoms with Crippen molar-refractivity contribution in [1.82, 2.24) is 9.71 Å². The van der Waals surface area contributed by atoms with Crippen LogP contribution in [0.25, 0.3) is 0 Å². The van der Waals surface area contributed by atoms with Gasteiger partial charge in [-0.3, -0.25) is 4.79 Å². The molecule has 0 spiro atoms. The van der Waals surface area contributed by atoms with Crippen molar-refractivity contribution >= 4 is 27.3 Å². The van der Waals surface area contributed by atoms with E-state index in [0.717, 1.165) is 11.3 Å². The van der Waals surface area contributed by atoms with Crippen molar-refractivity contribution in [2.75, 3.05) is 6.61 Å². The Labute approximate surface area is 133 Å². The standard InChI is InChI=1S/C14H16N2O4S2/c1-4-20-12-7-5-6-11(8-12)13(17)16-22(18,19)14-9(2)15-10(3)21-14/h5-8H,4H2,1-3H3,(H,16,17). The molecule has 0 bridgehead atoms. The van der Waals surface area contributed by atoms with Gasteiger partial charge < -0.3 is 4.74 Å². The van der Waals surface area contributed by atoms with Gasteiger partial charge >= 0.3 is 0 Å². The second kappa shape index (κ2) is 6.45. The van der Waals surface area contributed by atoms with Gasteiger partial charge in [0.2, 0.25) is 0 Å². The van der Waals surface area contributed by atoms with E-state index in [4.69, 9.17) is 4.74 Å². The summed E-state index contributed by atoms with van der Waals surface area (Å²) < 4.78 is 31.9. The number of nitrogens with one attached hydrogen (secondary N) is 1. The van der Waals surface area contributed by atoms with Crippen molar-refractivity contribution in [2.24, 2.45) is 0 Å². The molecule has 2 rings (SSSR count). The van der Waals surface area contributed by atoms with Crippen LogP contribution in [0.2, 0.25) is 0 Å². The summed E-state index contributed by atoms with van der Waals surface area (Å²) in [4.78, 5) is 16.2. The Kier molecular flexibility index (Phi) is 4.82. The number of rotatable bonds is 5. The number of thiazole rings is 1. The molecule has 1 amide bonds. The number of carbonyl (C=O) groups excluding carboxylic acids is 1. The fourth-order valence-corrected chi connectivity index (χ4v) is 4.34. The maximum Gasteiger partial charge on any atom is 0.275 e. The van der Waals surface area contributed by atoms with Crippen LogP contribution in [-0.2, 0) is 10.0 Å². The average Bonchev–Trinajstić information content (AvgIpc) is 2.79. The number of amides is 1. The molecule has 0 radical (unpaired) electrons. The second-order valence-corrected chi connectivity index (χ2v) is 7.58. The zero-order chi connectivity index (χ0) is 16.3. The number of hydrogen-bond donors (Lipinski definition) is 1. The first kappa shape index (κ1) is 16.4. The first-order valence-electron chi connectivity index (χ1n) is 6.57. The van der Waals surface area contributed by atoms with Crippen LogP contribution in [0, 0.1) is 13.8 Å². The Hall–Kier alpha value is -1.93. The summed E-state index contributed by atoms with van der Waals surface area (Å²) in [6, 6.07) is 6.36. The maximum absolute atomic E-state index is 12.3. The zero-order valence-corrected chi connectivity index (χ0v) is 14.0. The zero-order valence-electron chi connectivity index (χ0n) is 12.4. The molecule has 118 valence electrons. The van der Waals surface area contributed by atoms with Gasteiger partial charge in [0.25, 0.3) is 15.9 Å². The molecule has 0 saturated heterocycles. The average molecular weight is 340 g/mol. The lowest BCUT2D eigenvalue weighted by atomic mass is 10.2. The number of ether oxygens (including phenoxy) is 1. The van der Waals surface area contributed by atoms with Crippen LogP contribution >= 0.6 is 11.3 Å². The summed E-state index contributed by atoms with van der Waals surface area (Å²) in [6.45, 7) is 5.59. The lowest BCUT2D eigenvalue weighted by Gasteiger charge is -2.07. The van der Waals surface area contributed by atoms with Gasteiger partial charge in [0.05, 0.1) is 17.3 Å². The minimum atomic E-state index is -3.93. The largest absolute Gasteiger partial charge is 0.494 e. The van der Waals surface area contributed by atoms with Crippen LogP contribution in [-0.4, -0.2) is 25.9 Å². The van der Waals surface area contributed by atoms with E-state index in [9.17, 15) is 13.2 Å². The third-order valence-corrected chi connectivity index (χ3v) is 5.75. The van der Waals surface area contributed by atoms with Gasteiger partial charge in [0, 0.05) is 5.56 Å². The Bertz CT molecular complexity index is 797. The summed E-state index contributed by atoms with van der Waals surface area (Å²) in [6.07, 6.45) is 0. The monoisotopic (exact) mass is 340 g/mol. The van der Waals surface area contributed by atoms with Crippen molar-refractivity contribution in [2.45, 2.75) is 25.0 Å². The van der Waals surface area contributed by atoms with Gasteiger partial charge in [0.15, 0.2) is 4.21 Å². The molecular weight excluding hydrogens is 324 g/mol. The smallest absolute Gasteiger partial charge is 0.275 e. The van der Waals surface area contributed by atoms with Gasteiger partial charge in [-0.2, -0.15) is 0 Å². The lowest BCUT2D eigenvalue weighted by molar-refractivity contribution is 0.0981. The molecule has 0 unspecified atom stereocenters. The third-order valence-electron chi connectivity index (χ3n) is 2.74. The highest BCUT2D eigenvalue weighted by atomic mass is 32.2. The number of aryl methyl sites for hydroxylation is 2. The summed E-state index contributed by atoms with van der Waals surface area (Å²) in [5.41, 5.74) is 0.597. The molecule has 1 N–H and O–H groups in total. The molecule has 0 saturated carbocycles. The predicted molar refractivity (Wildman–Crippen MR) is 83.9 cm³/mol. The van der Waals surface area contributed by atoms with Gasteiger partial charge in [-0.1, -0.05) is 6.07 Å². The molecule has 0 fully saturated rings. The molecule has 2 aromatic rings. The van der Waals surface area contributed by atoms with Gasteiger partial charge in [-0.15, -0.1) is 11.3 Å². The Morgan fingerprint density at radius 3 is 2.68 bits per heavy atom.